The highest BCUT2D eigenvalue weighted by Crippen LogP contribution is 2.37. The number of carbonyl (C=O) groups excluding carboxylic acids is 1. The first-order valence-electron chi connectivity index (χ1n) is 11.5. The number of nitrogens with two attached hydrogens (primary N) is 1. The summed E-state index contributed by atoms with van der Waals surface area (Å²) in [7, 11) is 3.76. The Morgan fingerprint density at radius 3 is 2.66 bits per heavy atom. The highest BCUT2D eigenvalue weighted by atomic mass is 16.5. The van der Waals surface area contributed by atoms with Crippen molar-refractivity contribution >= 4 is 27.7 Å². The van der Waals surface area contributed by atoms with Gasteiger partial charge in [-0.2, -0.15) is 0 Å². The lowest BCUT2D eigenvalue weighted by Crippen LogP contribution is -2.32. The maximum absolute atomic E-state index is 11.4. The van der Waals surface area contributed by atoms with Crippen LogP contribution in [0.25, 0.3) is 21.8 Å². The molecule has 2 aromatic heterocycles. The SMILES string of the molecule is COc1cc2c(Oc3ccc4cc(C(N)=O)cnc4c3)ncnc2cc1OCC1CCN(C)CC1. The van der Waals surface area contributed by atoms with E-state index in [0.717, 1.165) is 31.3 Å². The predicted octanol–water partition coefficient (Wildman–Crippen LogP) is 3.80. The highest BCUT2D eigenvalue weighted by Gasteiger charge is 2.19. The maximum Gasteiger partial charge on any atom is 0.250 e. The first-order chi connectivity index (χ1) is 17.0. The molecule has 0 radical (unpaired) electrons. The lowest BCUT2D eigenvalue weighted by molar-refractivity contribution is 0.1000. The predicted molar refractivity (Wildman–Crippen MR) is 132 cm³/mol. The summed E-state index contributed by atoms with van der Waals surface area (Å²) in [6, 6.07) is 10.8. The summed E-state index contributed by atoms with van der Waals surface area (Å²) in [5, 5.41) is 1.49. The minimum atomic E-state index is -0.518. The fraction of sp³-hybridized carbons (Fsp3) is 0.308. The van der Waals surface area contributed by atoms with Crippen molar-refractivity contribution in [1.82, 2.24) is 19.9 Å². The molecule has 4 aromatic rings. The number of benzene rings is 2. The standard InChI is InChI=1S/C26H27N5O4/c1-31-7-5-16(6-8-31)14-34-24-12-22-20(11-23(24)33-2)26(30-15-29-22)35-19-4-3-17-9-18(25(27)32)13-28-21(17)10-19/h3-4,9-13,15-16H,5-8,14H2,1-2H3,(H2,27,32). The van der Waals surface area contributed by atoms with Crippen molar-refractivity contribution in [3.8, 4) is 23.1 Å². The molecule has 3 heterocycles. The van der Waals surface area contributed by atoms with E-state index in [0.29, 0.717) is 57.6 Å². The molecule has 5 rings (SSSR count). The van der Waals surface area contributed by atoms with Crippen LogP contribution in [-0.4, -0.2) is 59.6 Å². The number of methoxy groups -OCH3 is 1. The molecule has 2 N–H and O–H groups in total. The van der Waals surface area contributed by atoms with Crippen LogP contribution in [0.4, 0.5) is 0 Å². The number of primary amides is 1. The monoisotopic (exact) mass is 473 g/mol. The van der Waals surface area contributed by atoms with Gasteiger partial charge < -0.3 is 24.8 Å². The molecule has 0 atom stereocenters. The van der Waals surface area contributed by atoms with Gasteiger partial charge in [-0.25, -0.2) is 9.97 Å². The van der Waals surface area contributed by atoms with E-state index in [-0.39, 0.29) is 0 Å². The number of ether oxygens (including phenoxy) is 3. The molecule has 1 saturated heterocycles. The van der Waals surface area contributed by atoms with Crippen molar-refractivity contribution in [3.05, 3.63) is 54.5 Å². The second-order valence-electron chi connectivity index (χ2n) is 8.80. The maximum atomic E-state index is 11.4. The third-order valence-corrected chi connectivity index (χ3v) is 6.35. The van der Waals surface area contributed by atoms with Crippen molar-refractivity contribution < 1.29 is 19.0 Å². The smallest absolute Gasteiger partial charge is 0.250 e. The lowest BCUT2D eigenvalue weighted by atomic mass is 9.98. The van der Waals surface area contributed by atoms with Crippen LogP contribution >= 0.6 is 0 Å². The van der Waals surface area contributed by atoms with E-state index < -0.39 is 5.91 Å². The van der Waals surface area contributed by atoms with Gasteiger partial charge in [0.25, 0.3) is 0 Å². The lowest BCUT2D eigenvalue weighted by Gasteiger charge is -2.28. The zero-order valence-electron chi connectivity index (χ0n) is 19.7. The van der Waals surface area contributed by atoms with Gasteiger partial charge in [0.15, 0.2) is 11.5 Å². The number of hydrogen-bond donors (Lipinski definition) is 1. The molecule has 0 bridgehead atoms. The summed E-state index contributed by atoms with van der Waals surface area (Å²) in [6.07, 6.45) is 5.16. The molecular formula is C26H27N5O4. The molecule has 9 heteroatoms. The molecule has 9 nitrogen and oxygen atoms in total. The van der Waals surface area contributed by atoms with E-state index in [4.69, 9.17) is 19.9 Å². The van der Waals surface area contributed by atoms with E-state index in [1.165, 1.54) is 12.5 Å². The van der Waals surface area contributed by atoms with Crippen molar-refractivity contribution in [2.45, 2.75) is 12.8 Å². The van der Waals surface area contributed by atoms with Crippen LogP contribution < -0.4 is 19.9 Å². The van der Waals surface area contributed by atoms with Crippen LogP contribution in [-0.2, 0) is 0 Å². The largest absolute Gasteiger partial charge is 0.493 e. The number of likely N-dealkylation sites (tertiary alicyclic amines) is 1. The number of piperidine rings is 1. The van der Waals surface area contributed by atoms with Crippen LogP contribution in [0.3, 0.4) is 0 Å². The Morgan fingerprint density at radius 1 is 1.06 bits per heavy atom. The number of pyridine rings is 1. The van der Waals surface area contributed by atoms with Gasteiger partial charge in [0.1, 0.15) is 12.1 Å². The van der Waals surface area contributed by atoms with E-state index in [1.807, 2.05) is 18.2 Å². The molecule has 0 saturated carbocycles. The molecule has 180 valence electrons. The van der Waals surface area contributed by atoms with E-state index in [2.05, 4.69) is 26.9 Å². The molecule has 1 aliphatic heterocycles. The van der Waals surface area contributed by atoms with Gasteiger partial charge in [-0.15, -0.1) is 0 Å². The average molecular weight is 474 g/mol. The number of amides is 1. The number of fused-ring (bicyclic) bond motifs is 2. The van der Waals surface area contributed by atoms with Crippen molar-refractivity contribution in [1.29, 1.82) is 0 Å². The first-order valence-corrected chi connectivity index (χ1v) is 11.5. The van der Waals surface area contributed by atoms with Gasteiger partial charge in [-0.3, -0.25) is 9.78 Å². The van der Waals surface area contributed by atoms with Crippen LogP contribution in [0.15, 0.2) is 48.9 Å². The quantitative estimate of drug-likeness (QED) is 0.431. The van der Waals surface area contributed by atoms with Crippen LogP contribution in [0.1, 0.15) is 23.2 Å². The zero-order chi connectivity index (χ0) is 24.4. The number of rotatable bonds is 7. The Kier molecular flexibility index (Phi) is 6.33. The first kappa shape index (κ1) is 22.8. The van der Waals surface area contributed by atoms with Crippen molar-refractivity contribution in [2.75, 3.05) is 33.9 Å². The summed E-state index contributed by atoms with van der Waals surface area (Å²) in [5.41, 5.74) is 7.07. The number of nitrogens with zero attached hydrogens (tertiary/aromatic N) is 4. The highest BCUT2D eigenvalue weighted by molar-refractivity contribution is 5.96. The molecule has 0 aliphatic carbocycles. The minimum absolute atomic E-state index is 0.355. The number of carbonyl (C=O) groups is 1. The van der Waals surface area contributed by atoms with Crippen LogP contribution in [0.5, 0.6) is 23.1 Å². The zero-order valence-corrected chi connectivity index (χ0v) is 19.7. The van der Waals surface area contributed by atoms with E-state index >= 15 is 0 Å². The van der Waals surface area contributed by atoms with Crippen molar-refractivity contribution in [2.24, 2.45) is 11.7 Å². The Balaban J connectivity index is 1.39. The summed E-state index contributed by atoms with van der Waals surface area (Å²) in [6.45, 7) is 2.83. The Hall–Kier alpha value is -3.98. The number of hydrogen-bond acceptors (Lipinski definition) is 8. The summed E-state index contributed by atoms with van der Waals surface area (Å²) in [5.74, 6) is 2.21. The normalized spacial score (nSPS) is 14.8. The Bertz CT molecular complexity index is 1390. The fourth-order valence-electron chi connectivity index (χ4n) is 4.24. The van der Waals surface area contributed by atoms with E-state index in [1.54, 1.807) is 25.3 Å². The van der Waals surface area contributed by atoms with Gasteiger partial charge in [0, 0.05) is 23.7 Å². The van der Waals surface area contributed by atoms with Crippen molar-refractivity contribution in [3.63, 3.8) is 0 Å². The van der Waals surface area contributed by atoms with Gasteiger partial charge >= 0.3 is 0 Å². The average Bonchev–Trinajstić information content (AvgIpc) is 2.87. The molecular weight excluding hydrogens is 446 g/mol. The molecule has 1 aliphatic rings. The third-order valence-electron chi connectivity index (χ3n) is 6.35. The van der Waals surface area contributed by atoms with Gasteiger partial charge in [0.05, 0.1) is 35.7 Å². The Morgan fingerprint density at radius 2 is 1.89 bits per heavy atom. The minimum Gasteiger partial charge on any atom is -0.493 e. The molecule has 1 fully saturated rings. The summed E-state index contributed by atoms with van der Waals surface area (Å²) < 4.78 is 17.9. The molecule has 0 spiro atoms. The summed E-state index contributed by atoms with van der Waals surface area (Å²) >= 11 is 0. The Labute approximate surface area is 202 Å². The van der Waals surface area contributed by atoms with Gasteiger partial charge in [-0.05, 0) is 63.2 Å². The van der Waals surface area contributed by atoms with Gasteiger partial charge in [-0.1, -0.05) is 0 Å². The molecule has 1 amide bonds. The third kappa shape index (κ3) is 4.95. The second-order valence-corrected chi connectivity index (χ2v) is 8.80. The number of aromatic nitrogens is 3. The topological polar surface area (TPSA) is 113 Å². The van der Waals surface area contributed by atoms with Crippen LogP contribution in [0.2, 0.25) is 0 Å². The van der Waals surface area contributed by atoms with Crippen LogP contribution in [0, 0.1) is 5.92 Å². The van der Waals surface area contributed by atoms with E-state index in [9.17, 15) is 4.79 Å². The molecule has 2 aromatic carbocycles. The second kappa shape index (κ2) is 9.71. The van der Waals surface area contributed by atoms with Gasteiger partial charge in [0.2, 0.25) is 11.8 Å². The fourth-order valence-corrected chi connectivity index (χ4v) is 4.24. The summed E-state index contributed by atoms with van der Waals surface area (Å²) in [4.78, 5) is 26.8. The molecule has 35 heavy (non-hydrogen) atoms. The molecule has 0 unspecified atom stereocenters.